The average molecular weight is 370 g/mol. The van der Waals surface area contributed by atoms with Crippen LogP contribution in [0.2, 0.25) is 0 Å². The second-order valence-corrected chi connectivity index (χ2v) is 7.64. The molecule has 1 aromatic heterocycles. The lowest BCUT2D eigenvalue weighted by molar-refractivity contribution is 0.0931. The maximum Gasteiger partial charge on any atom is 0.195 e. The monoisotopic (exact) mass is 370 g/mol. The van der Waals surface area contributed by atoms with Gasteiger partial charge in [0.25, 0.3) is 0 Å². The molecule has 1 aliphatic heterocycles. The van der Waals surface area contributed by atoms with E-state index in [9.17, 15) is 14.3 Å². The highest BCUT2D eigenvalue weighted by Crippen LogP contribution is 2.40. The first-order chi connectivity index (χ1) is 13.0. The molecule has 2 aliphatic rings. The summed E-state index contributed by atoms with van der Waals surface area (Å²) in [5, 5.41) is 9.28. The highest BCUT2D eigenvalue weighted by atomic mass is 19.1. The van der Waals surface area contributed by atoms with E-state index in [1.54, 1.807) is 12.1 Å². The van der Waals surface area contributed by atoms with Crippen LogP contribution < -0.4 is 4.74 Å². The van der Waals surface area contributed by atoms with E-state index in [1.807, 2.05) is 13.0 Å². The summed E-state index contributed by atoms with van der Waals surface area (Å²) in [6.07, 6.45) is 3.10. The van der Waals surface area contributed by atoms with E-state index in [1.165, 1.54) is 18.3 Å². The van der Waals surface area contributed by atoms with Gasteiger partial charge < -0.3 is 9.84 Å². The van der Waals surface area contributed by atoms with Crippen LogP contribution in [0.15, 0.2) is 36.5 Å². The number of carbonyl (C=O) groups is 1. The standard InChI is InChI=1S/C21H23FN2O3/c1-13-3-2-4-18(22)21(13)27-17-7-14-10-24(11-15(14)8-17)12-20(26)19-6-5-16(25)9-23-19/h2-6,9,14-15,17,25H,7-8,10-12H2,1H3/t14-,15+,17+. The van der Waals surface area contributed by atoms with Crippen molar-refractivity contribution < 1.29 is 19.0 Å². The minimum Gasteiger partial charge on any atom is -0.506 e. The van der Waals surface area contributed by atoms with Crippen LogP contribution in [0.4, 0.5) is 4.39 Å². The zero-order valence-corrected chi connectivity index (χ0v) is 15.3. The fourth-order valence-electron chi connectivity index (χ4n) is 4.33. The lowest BCUT2D eigenvalue weighted by Gasteiger charge is -2.20. The quantitative estimate of drug-likeness (QED) is 0.819. The third-order valence-corrected chi connectivity index (χ3v) is 5.63. The molecule has 2 fully saturated rings. The molecule has 0 spiro atoms. The number of hydrogen-bond donors (Lipinski definition) is 1. The highest BCUT2D eigenvalue weighted by Gasteiger charge is 2.42. The van der Waals surface area contributed by atoms with E-state index in [0.717, 1.165) is 31.5 Å². The van der Waals surface area contributed by atoms with E-state index in [4.69, 9.17) is 4.74 Å². The van der Waals surface area contributed by atoms with Crippen LogP contribution >= 0.6 is 0 Å². The van der Waals surface area contributed by atoms with E-state index >= 15 is 0 Å². The fraction of sp³-hybridized carbons (Fsp3) is 0.429. The number of likely N-dealkylation sites (tertiary alicyclic amines) is 1. The van der Waals surface area contributed by atoms with Crippen molar-refractivity contribution in [3.05, 3.63) is 53.6 Å². The zero-order chi connectivity index (χ0) is 19.0. The number of ether oxygens (including phenoxy) is 1. The number of benzene rings is 1. The maximum atomic E-state index is 14.0. The van der Waals surface area contributed by atoms with Gasteiger partial charge in [0, 0.05) is 13.1 Å². The Bertz CT molecular complexity index is 806. The van der Waals surface area contributed by atoms with Crippen molar-refractivity contribution in [2.24, 2.45) is 11.8 Å². The number of hydrogen-bond acceptors (Lipinski definition) is 5. The normalized spacial score (nSPS) is 24.7. The summed E-state index contributed by atoms with van der Waals surface area (Å²) < 4.78 is 20.0. The Kier molecular flexibility index (Phi) is 4.83. The average Bonchev–Trinajstić information content (AvgIpc) is 3.16. The topological polar surface area (TPSA) is 62.7 Å². The van der Waals surface area contributed by atoms with Gasteiger partial charge >= 0.3 is 0 Å². The van der Waals surface area contributed by atoms with E-state index < -0.39 is 0 Å². The molecule has 0 radical (unpaired) electrons. The Labute approximate surface area is 157 Å². The Balaban J connectivity index is 1.32. The minimum absolute atomic E-state index is 0.0345. The van der Waals surface area contributed by atoms with Crippen molar-refractivity contribution in [2.75, 3.05) is 19.6 Å². The summed E-state index contributed by atoms with van der Waals surface area (Å²) in [4.78, 5) is 18.5. The lowest BCUT2D eigenvalue weighted by atomic mass is 10.0. The van der Waals surface area contributed by atoms with Crippen LogP contribution in [-0.4, -0.2) is 46.5 Å². The van der Waals surface area contributed by atoms with E-state index in [-0.39, 0.29) is 23.5 Å². The Hall–Kier alpha value is -2.47. The molecule has 2 aromatic rings. The molecule has 0 unspecified atom stereocenters. The third kappa shape index (κ3) is 3.81. The van der Waals surface area contributed by atoms with Crippen molar-refractivity contribution in [1.29, 1.82) is 0 Å². The largest absolute Gasteiger partial charge is 0.506 e. The number of para-hydroxylation sites is 1. The van der Waals surface area contributed by atoms with Crippen LogP contribution in [-0.2, 0) is 0 Å². The minimum atomic E-state index is -0.305. The summed E-state index contributed by atoms with van der Waals surface area (Å²) in [6.45, 7) is 3.90. The number of nitrogens with zero attached hydrogens (tertiary/aromatic N) is 2. The van der Waals surface area contributed by atoms with Crippen molar-refractivity contribution >= 4 is 5.78 Å². The number of pyridine rings is 1. The Morgan fingerprint density at radius 1 is 1.26 bits per heavy atom. The van der Waals surface area contributed by atoms with Gasteiger partial charge in [0.05, 0.1) is 18.8 Å². The predicted molar refractivity (Wildman–Crippen MR) is 98.4 cm³/mol. The molecule has 0 bridgehead atoms. The number of ketones is 1. The first-order valence-corrected chi connectivity index (χ1v) is 9.32. The molecule has 27 heavy (non-hydrogen) atoms. The van der Waals surface area contributed by atoms with Gasteiger partial charge in [0.2, 0.25) is 0 Å². The number of carbonyl (C=O) groups excluding carboxylic acids is 1. The molecule has 6 heteroatoms. The van der Waals surface area contributed by atoms with Crippen molar-refractivity contribution in [1.82, 2.24) is 9.88 Å². The smallest absolute Gasteiger partial charge is 0.195 e. The van der Waals surface area contributed by atoms with Crippen LogP contribution in [0.25, 0.3) is 0 Å². The number of rotatable bonds is 5. The number of aromatic nitrogens is 1. The van der Waals surface area contributed by atoms with Crippen molar-refractivity contribution in [3.63, 3.8) is 0 Å². The molecule has 142 valence electrons. The van der Waals surface area contributed by atoms with Crippen LogP contribution in [0, 0.1) is 24.6 Å². The molecule has 0 amide bonds. The van der Waals surface area contributed by atoms with Gasteiger partial charge in [-0.25, -0.2) is 9.37 Å². The first-order valence-electron chi connectivity index (χ1n) is 9.32. The van der Waals surface area contributed by atoms with Gasteiger partial charge in [-0.05, 0) is 55.4 Å². The van der Waals surface area contributed by atoms with Gasteiger partial charge in [-0.1, -0.05) is 12.1 Å². The summed E-state index contributed by atoms with van der Waals surface area (Å²) in [5.41, 5.74) is 1.20. The zero-order valence-electron chi connectivity index (χ0n) is 15.3. The number of Topliss-reactive ketones (excluding diaryl/α,β-unsaturated/α-hetero) is 1. The molecule has 5 nitrogen and oxygen atoms in total. The van der Waals surface area contributed by atoms with Gasteiger partial charge in [-0.3, -0.25) is 9.69 Å². The molecular weight excluding hydrogens is 347 g/mol. The number of aromatic hydroxyl groups is 1. The van der Waals surface area contributed by atoms with E-state index in [2.05, 4.69) is 9.88 Å². The second kappa shape index (κ2) is 7.27. The Morgan fingerprint density at radius 2 is 2.00 bits per heavy atom. The summed E-state index contributed by atoms with van der Waals surface area (Å²) in [7, 11) is 0. The molecule has 1 saturated heterocycles. The Morgan fingerprint density at radius 3 is 2.63 bits per heavy atom. The second-order valence-electron chi connectivity index (χ2n) is 7.64. The summed E-state index contributed by atoms with van der Waals surface area (Å²) >= 11 is 0. The molecule has 4 rings (SSSR count). The molecule has 1 aromatic carbocycles. The highest BCUT2D eigenvalue weighted by molar-refractivity contribution is 5.95. The van der Waals surface area contributed by atoms with Gasteiger partial charge in [-0.15, -0.1) is 0 Å². The third-order valence-electron chi connectivity index (χ3n) is 5.63. The number of halogens is 1. The summed E-state index contributed by atoms with van der Waals surface area (Å²) in [6, 6.07) is 8.02. The molecule has 3 atom stereocenters. The number of aryl methyl sites for hydroxylation is 1. The molecule has 1 saturated carbocycles. The SMILES string of the molecule is Cc1cccc(F)c1O[C@H]1C[C@@H]2CN(CC(=O)c3ccc(O)cn3)C[C@@H]2C1. The number of fused-ring (bicyclic) bond motifs is 1. The van der Waals surface area contributed by atoms with Gasteiger partial charge in [0.15, 0.2) is 17.3 Å². The maximum absolute atomic E-state index is 14.0. The van der Waals surface area contributed by atoms with Gasteiger partial charge in [0.1, 0.15) is 11.4 Å². The molecule has 1 aliphatic carbocycles. The fourth-order valence-corrected chi connectivity index (χ4v) is 4.33. The molecular formula is C21H23FN2O3. The molecule has 2 heterocycles. The van der Waals surface area contributed by atoms with Crippen molar-refractivity contribution in [2.45, 2.75) is 25.9 Å². The predicted octanol–water partition coefficient (Wildman–Crippen LogP) is 3.21. The van der Waals surface area contributed by atoms with Crippen LogP contribution in [0.1, 0.15) is 28.9 Å². The molecule has 1 N–H and O–H groups in total. The summed E-state index contributed by atoms with van der Waals surface area (Å²) in [5.74, 6) is 1.03. The van der Waals surface area contributed by atoms with Crippen LogP contribution in [0.3, 0.4) is 0 Å². The van der Waals surface area contributed by atoms with Crippen molar-refractivity contribution in [3.8, 4) is 11.5 Å². The van der Waals surface area contributed by atoms with Gasteiger partial charge in [-0.2, -0.15) is 0 Å². The van der Waals surface area contributed by atoms with E-state index in [0.29, 0.717) is 29.8 Å². The lowest BCUT2D eigenvalue weighted by Crippen LogP contribution is -2.30. The first kappa shape index (κ1) is 17.9. The van der Waals surface area contributed by atoms with Crippen LogP contribution in [0.5, 0.6) is 11.5 Å².